The van der Waals surface area contributed by atoms with Gasteiger partial charge in [0.2, 0.25) is 0 Å². The first-order valence-electron chi connectivity index (χ1n) is 6.68. The lowest BCUT2D eigenvalue weighted by molar-refractivity contribution is 0.102. The van der Waals surface area contributed by atoms with E-state index in [1.54, 1.807) is 0 Å². The number of aromatic nitrogens is 1. The first kappa shape index (κ1) is 13.9. The largest absolute Gasteiger partial charge is 0.350 e. The van der Waals surface area contributed by atoms with E-state index in [0.29, 0.717) is 5.56 Å². The van der Waals surface area contributed by atoms with Gasteiger partial charge in [-0.15, -0.1) is 0 Å². The number of halogens is 1. The van der Waals surface area contributed by atoms with Crippen molar-refractivity contribution >= 4 is 38.4 Å². The van der Waals surface area contributed by atoms with Crippen molar-refractivity contribution in [2.24, 2.45) is 7.05 Å². The van der Waals surface area contributed by atoms with Crippen LogP contribution in [0, 0.1) is 6.92 Å². The van der Waals surface area contributed by atoms with E-state index in [1.807, 2.05) is 67.2 Å². The van der Waals surface area contributed by atoms with Crippen molar-refractivity contribution in [2.75, 3.05) is 5.32 Å². The Morgan fingerprint density at radius 1 is 1.19 bits per heavy atom. The zero-order chi connectivity index (χ0) is 15.0. The highest BCUT2D eigenvalue weighted by molar-refractivity contribution is 9.10. The van der Waals surface area contributed by atoms with Crippen LogP contribution < -0.4 is 5.32 Å². The van der Waals surface area contributed by atoms with Crippen LogP contribution in [0.3, 0.4) is 0 Å². The molecule has 3 rings (SSSR count). The molecule has 0 unspecified atom stereocenters. The maximum absolute atomic E-state index is 12.5. The number of carbonyl (C=O) groups excluding carboxylic acids is 1. The summed E-state index contributed by atoms with van der Waals surface area (Å²) in [4.78, 5) is 12.5. The molecule has 106 valence electrons. The predicted octanol–water partition coefficient (Wildman–Crippen LogP) is 4.50. The normalized spacial score (nSPS) is 10.8. The van der Waals surface area contributed by atoms with Gasteiger partial charge in [0.15, 0.2) is 0 Å². The highest BCUT2D eigenvalue weighted by atomic mass is 79.9. The molecule has 2 aromatic carbocycles. The molecule has 0 saturated carbocycles. The molecule has 1 amide bonds. The maximum Gasteiger partial charge on any atom is 0.257 e. The number of nitrogens with zero attached hydrogens (tertiary/aromatic N) is 1. The summed E-state index contributed by atoms with van der Waals surface area (Å²) in [5.41, 5.74) is 3.65. The topological polar surface area (TPSA) is 34.0 Å². The summed E-state index contributed by atoms with van der Waals surface area (Å²) in [6, 6.07) is 13.7. The Balaban J connectivity index is 1.95. The third kappa shape index (κ3) is 2.59. The Hall–Kier alpha value is -2.07. The van der Waals surface area contributed by atoms with Gasteiger partial charge in [-0.2, -0.15) is 0 Å². The van der Waals surface area contributed by atoms with Crippen LogP contribution in [0.1, 0.15) is 15.9 Å². The average Bonchev–Trinajstić information content (AvgIpc) is 2.81. The van der Waals surface area contributed by atoms with E-state index in [4.69, 9.17) is 0 Å². The molecule has 1 heterocycles. The van der Waals surface area contributed by atoms with Crippen molar-refractivity contribution in [3.05, 3.63) is 64.3 Å². The quantitative estimate of drug-likeness (QED) is 0.730. The fraction of sp³-hybridized carbons (Fsp3) is 0.118. The standard InChI is InChI=1S/C17H15BrN2O/c1-11-7-8-12(9-15(11)18)19-17(21)14-10-20(2)16-6-4-3-5-13(14)16/h3-10H,1-2H3,(H,19,21). The number of para-hydroxylation sites is 1. The van der Waals surface area contributed by atoms with Gasteiger partial charge < -0.3 is 9.88 Å². The first-order chi connectivity index (χ1) is 10.1. The van der Waals surface area contributed by atoms with E-state index >= 15 is 0 Å². The van der Waals surface area contributed by atoms with E-state index in [0.717, 1.165) is 26.6 Å². The Kier molecular flexibility index (Phi) is 3.55. The number of hydrogen-bond acceptors (Lipinski definition) is 1. The number of rotatable bonds is 2. The van der Waals surface area contributed by atoms with E-state index in [2.05, 4.69) is 21.2 Å². The molecule has 3 aromatic rings. The van der Waals surface area contributed by atoms with Crippen LogP contribution >= 0.6 is 15.9 Å². The summed E-state index contributed by atoms with van der Waals surface area (Å²) in [6.07, 6.45) is 1.86. The van der Waals surface area contributed by atoms with Gasteiger partial charge in [0.25, 0.3) is 5.91 Å². The van der Waals surface area contributed by atoms with Crippen LogP contribution in [0.4, 0.5) is 5.69 Å². The minimum Gasteiger partial charge on any atom is -0.350 e. The molecule has 0 aliphatic carbocycles. The summed E-state index contributed by atoms with van der Waals surface area (Å²) in [5.74, 6) is -0.0949. The molecule has 0 bridgehead atoms. The number of nitrogens with one attached hydrogen (secondary N) is 1. The number of aryl methyl sites for hydroxylation is 2. The van der Waals surface area contributed by atoms with Crippen LogP contribution in [0.5, 0.6) is 0 Å². The Morgan fingerprint density at radius 3 is 2.71 bits per heavy atom. The molecular formula is C17H15BrN2O. The van der Waals surface area contributed by atoms with Crippen LogP contribution in [0.2, 0.25) is 0 Å². The molecule has 0 radical (unpaired) electrons. The molecule has 0 atom stereocenters. The third-order valence-corrected chi connectivity index (χ3v) is 4.43. The molecular weight excluding hydrogens is 328 g/mol. The number of carbonyl (C=O) groups is 1. The van der Waals surface area contributed by atoms with Gasteiger partial charge in [-0.25, -0.2) is 0 Å². The summed E-state index contributed by atoms with van der Waals surface area (Å²) in [7, 11) is 1.95. The predicted molar refractivity (Wildman–Crippen MR) is 89.8 cm³/mol. The number of benzene rings is 2. The Bertz CT molecular complexity index is 836. The summed E-state index contributed by atoms with van der Waals surface area (Å²) >= 11 is 3.48. The van der Waals surface area contributed by atoms with Crippen molar-refractivity contribution < 1.29 is 4.79 Å². The number of anilines is 1. The highest BCUT2D eigenvalue weighted by Gasteiger charge is 2.13. The molecule has 1 aromatic heterocycles. The Labute approximate surface area is 131 Å². The molecule has 4 heteroatoms. The van der Waals surface area contributed by atoms with Gasteiger partial charge >= 0.3 is 0 Å². The van der Waals surface area contributed by atoms with Crippen molar-refractivity contribution in [1.82, 2.24) is 4.57 Å². The van der Waals surface area contributed by atoms with E-state index in [1.165, 1.54) is 0 Å². The fourth-order valence-electron chi connectivity index (χ4n) is 2.39. The fourth-order valence-corrected chi connectivity index (χ4v) is 2.77. The van der Waals surface area contributed by atoms with Gasteiger partial charge in [0.05, 0.1) is 5.56 Å². The van der Waals surface area contributed by atoms with Crippen LogP contribution in [-0.2, 0) is 7.05 Å². The highest BCUT2D eigenvalue weighted by Crippen LogP contribution is 2.24. The SMILES string of the molecule is Cc1ccc(NC(=O)c2cn(C)c3ccccc23)cc1Br. The number of hydrogen-bond donors (Lipinski definition) is 1. The lowest BCUT2D eigenvalue weighted by Crippen LogP contribution is -2.11. The second-order valence-electron chi connectivity index (χ2n) is 5.09. The van der Waals surface area contributed by atoms with E-state index in [-0.39, 0.29) is 5.91 Å². The van der Waals surface area contributed by atoms with Gasteiger partial charge in [-0.05, 0) is 30.7 Å². The summed E-state index contributed by atoms with van der Waals surface area (Å²) in [5, 5.41) is 3.91. The Morgan fingerprint density at radius 2 is 1.95 bits per heavy atom. The summed E-state index contributed by atoms with van der Waals surface area (Å²) in [6.45, 7) is 2.01. The minimum absolute atomic E-state index is 0.0949. The smallest absolute Gasteiger partial charge is 0.257 e. The van der Waals surface area contributed by atoms with Gasteiger partial charge in [-0.3, -0.25) is 4.79 Å². The second kappa shape index (κ2) is 5.37. The average molecular weight is 343 g/mol. The van der Waals surface area contributed by atoms with Crippen LogP contribution in [0.15, 0.2) is 53.1 Å². The lowest BCUT2D eigenvalue weighted by atomic mass is 10.1. The van der Waals surface area contributed by atoms with Crippen LogP contribution in [0.25, 0.3) is 10.9 Å². The monoisotopic (exact) mass is 342 g/mol. The minimum atomic E-state index is -0.0949. The van der Waals surface area contributed by atoms with E-state index in [9.17, 15) is 4.79 Å². The molecule has 3 nitrogen and oxygen atoms in total. The number of amides is 1. The lowest BCUT2D eigenvalue weighted by Gasteiger charge is -2.06. The van der Waals surface area contributed by atoms with Crippen molar-refractivity contribution in [3.8, 4) is 0 Å². The zero-order valence-corrected chi connectivity index (χ0v) is 13.4. The van der Waals surface area contributed by atoms with Crippen molar-refractivity contribution in [2.45, 2.75) is 6.92 Å². The second-order valence-corrected chi connectivity index (χ2v) is 5.94. The molecule has 0 fully saturated rings. The van der Waals surface area contributed by atoms with Gasteiger partial charge in [0, 0.05) is 34.3 Å². The molecule has 1 N–H and O–H groups in total. The zero-order valence-electron chi connectivity index (χ0n) is 11.9. The van der Waals surface area contributed by atoms with E-state index < -0.39 is 0 Å². The van der Waals surface area contributed by atoms with Crippen molar-refractivity contribution in [1.29, 1.82) is 0 Å². The third-order valence-electron chi connectivity index (χ3n) is 3.57. The molecule has 0 aliphatic heterocycles. The van der Waals surface area contributed by atoms with Crippen molar-refractivity contribution in [3.63, 3.8) is 0 Å². The molecule has 0 saturated heterocycles. The van der Waals surface area contributed by atoms with Gasteiger partial charge in [-0.1, -0.05) is 40.2 Å². The molecule has 0 aliphatic rings. The maximum atomic E-state index is 12.5. The number of fused-ring (bicyclic) bond motifs is 1. The molecule has 0 spiro atoms. The van der Waals surface area contributed by atoms with Crippen LogP contribution in [-0.4, -0.2) is 10.5 Å². The summed E-state index contributed by atoms with van der Waals surface area (Å²) < 4.78 is 2.95. The first-order valence-corrected chi connectivity index (χ1v) is 7.47. The molecule has 21 heavy (non-hydrogen) atoms. The van der Waals surface area contributed by atoms with Gasteiger partial charge in [0.1, 0.15) is 0 Å².